The highest BCUT2D eigenvalue weighted by Gasteiger charge is 2.74. The summed E-state index contributed by atoms with van der Waals surface area (Å²) in [5.74, 6) is -0.157. The fourth-order valence-electron chi connectivity index (χ4n) is 6.76. The highest BCUT2D eigenvalue weighted by atomic mass is 19.1. The highest BCUT2D eigenvalue weighted by Crippen LogP contribution is 2.70. The van der Waals surface area contributed by atoms with Crippen molar-refractivity contribution in [1.82, 2.24) is 9.97 Å². The molecule has 2 bridgehead atoms. The van der Waals surface area contributed by atoms with Gasteiger partial charge in [0.05, 0.1) is 27.8 Å². The first-order valence-electron chi connectivity index (χ1n) is 11.6. The van der Waals surface area contributed by atoms with Crippen molar-refractivity contribution >= 4 is 22.6 Å². The lowest BCUT2D eigenvalue weighted by Gasteiger charge is -2.45. The minimum absolute atomic E-state index is 0.0509. The van der Waals surface area contributed by atoms with E-state index in [1.165, 1.54) is 6.07 Å². The van der Waals surface area contributed by atoms with Gasteiger partial charge in [-0.15, -0.1) is 0 Å². The molecule has 2 aromatic carbocycles. The number of halogens is 1. The predicted molar refractivity (Wildman–Crippen MR) is 123 cm³/mol. The summed E-state index contributed by atoms with van der Waals surface area (Å²) in [6.07, 6.45) is 3.28. The predicted octanol–water partition coefficient (Wildman–Crippen LogP) is 5.47. The van der Waals surface area contributed by atoms with Crippen molar-refractivity contribution in [2.45, 2.75) is 70.3 Å². The van der Waals surface area contributed by atoms with Crippen LogP contribution in [-0.2, 0) is 22.0 Å². The maximum absolute atomic E-state index is 14.7. The lowest BCUT2D eigenvalue weighted by molar-refractivity contribution is -0.128. The minimum atomic E-state index is -0.745. The Morgan fingerprint density at radius 3 is 2.44 bits per heavy atom. The number of aryl methyl sites for hydroxylation is 1. The van der Waals surface area contributed by atoms with Crippen molar-refractivity contribution in [2.24, 2.45) is 5.41 Å². The normalized spacial score (nSPS) is 29.8. The van der Waals surface area contributed by atoms with E-state index in [0.717, 1.165) is 59.4 Å². The average molecular weight is 430 g/mol. The summed E-state index contributed by atoms with van der Waals surface area (Å²) in [5.41, 5.74) is 3.99. The number of para-hydroxylation sites is 2. The van der Waals surface area contributed by atoms with Crippen LogP contribution in [0.5, 0.6) is 0 Å². The summed E-state index contributed by atoms with van der Waals surface area (Å²) in [6, 6.07) is 12.8. The van der Waals surface area contributed by atoms with E-state index >= 15 is 0 Å². The van der Waals surface area contributed by atoms with Crippen LogP contribution in [0, 0.1) is 11.2 Å². The van der Waals surface area contributed by atoms with Crippen molar-refractivity contribution in [3.8, 4) is 0 Å². The van der Waals surface area contributed by atoms with Crippen molar-refractivity contribution in [1.29, 1.82) is 0 Å². The Balaban J connectivity index is 1.59. The van der Waals surface area contributed by atoms with Gasteiger partial charge in [0.15, 0.2) is 0 Å². The molecule has 3 unspecified atom stereocenters. The van der Waals surface area contributed by atoms with Crippen LogP contribution in [0.2, 0.25) is 0 Å². The molecule has 3 atom stereocenters. The first-order chi connectivity index (χ1) is 15.2. The van der Waals surface area contributed by atoms with Crippen molar-refractivity contribution in [2.75, 3.05) is 4.90 Å². The van der Waals surface area contributed by atoms with E-state index in [2.05, 4.69) is 27.7 Å². The number of anilines is 1. The Morgan fingerprint density at radius 2 is 1.72 bits per heavy atom. The molecule has 3 aromatic rings. The van der Waals surface area contributed by atoms with Gasteiger partial charge in [-0.25, -0.2) is 14.4 Å². The van der Waals surface area contributed by atoms with Gasteiger partial charge in [-0.3, -0.25) is 4.79 Å². The van der Waals surface area contributed by atoms with Crippen LogP contribution in [0.25, 0.3) is 11.0 Å². The van der Waals surface area contributed by atoms with Crippen molar-refractivity contribution in [3.63, 3.8) is 0 Å². The maximum atomic E-state index is 14.7. The Labute approximate surface area is 187 Å². The second-order valence-corrected chi connectivity index (χ2v) is 10.6. The van der Waals surface area contributed by atoms with Gasteiger partial charge >= 0.3 is 0 Å². The second-order valence-electron chi connectivity index (χ2n) is 10.6. The average Bonchev–Trinajstić information content (AvgIpc) is 3.07. The number of benzene rings is 2. The molecule has 1 aromatic heterocycles. The molecule has 0 N–H and O–H groups in total. The number of carbonyl (C=O) groups excluding carboxylic acids is 1. The number of hydrogen-bond donors (Lipinski definition) is 0. The summed E-state index contributed by atoms with van der Waals surface area (Å²) < 4.78 is 14.0. The van der Waals surface area contributed by atoms with Crippen LogP contribution in [0.3, 0.4) is 0 Å². The smallest absolute Gasteiger partial charge is 0.240 e. The number of carbonyl (C=O) groups is 1. The van der Waals surface area contributed by atoms with Crippen LogP contribution < -0.4 is 4.90 Å². The van der Waals surface area contributed by atoms with Crippen LogP contribution >= 0.6 is 0 Å². The quantitative estimate of drug-likeness (QED) is 0.516. The van der Waals surface area contributed by atoms with E-state index < -0.39 is 5.41 Å². The molecule has 1 fully saturated rings. The van der Waals surface area contributed by atoms with Crippen LogP contribution in [0.4, 0.5) is 10.1 Å². The second kappa shape index (κ2) is 6.15. The van der Waals surface area contributed by atoms with Gasteiger partial charge in [0.1, 0.15) is 5.82 Å². The molecule has 1 amide bonds. The zero-order chi connectivity index (χ0) is 22.5. The number of rotatable bonds is 1. The Morgan fingerprint density at radius 1 is 1.03 bits per heavy atom. The zero-order valence-corrected chi connectivity index (χ0v) is 19.1. The molecular formula is C27H28FN3O. The SMILES string of the molecule is CC1CCc2cc(F)ccc2N1C(=O)C12CCC(C)(c3nc4ccccc4nc31)C2(C)C. The lowest BCUT2D eigenvalue weighted by atomic mass is 9.63. The van der Waals surface area contributed by atoms with E-state index in [-0.39, 0.29) is 28.6 Å². The number of amides is 1. The maximum Gasteiger partial charge on any atom is 0.240 e. The molecule has 2 heterocycles. The molecule has 5 heteroatoms. The van der Waals surface area contributed by atoms with Gasteiger partial charge < -0.3 is 4.90 Å². The van der Waals surface area contributed by atoms with Gasteiger partial charge in [0, 0.05) is 17.1 Å². The summed E-state index contributed by atoms with van der Waals surface area (Å²) in [6.45, 7) is 8.78. The van der Waals surface area contributed by atoms with E-state index in [9.17, 15) is 9.18 Å². The zero-order valence-electron chi connectivity index (χ0n) is 19.1. The van der Waals surface area contributed by atoms with Crippen molar-refractivity contribution < 1.29 is 9.18 Å². The molecule has 32 heavy (non-hydrogen) atoms. The van der Waals surface area contributed by atoms with Gasteiger partial charge in [-0.2, -0.15) is 0 Å². The third-order valence-corrected chi connectivity index (χ3v) is 9.10. The first kappa shape index (κ1) is 19.8. The molecule has 6 rings (SSSR count). The fraction of sp³-hybridized carbons (Fsp3) is 0.444. The van der Waals surface area contributed by atoms with Gasteiger partial charge in [0.2, 0.25) is 5.91 Å². The molecule has 1 aliphatic heterocycles. The number of hydrogen-bond acceptors (Lipinski definition) is 3. The molecule has 0 saturated heterocycles. The van der Waals surface area contributed by atoms with Gasteiger partial charge in [0.25, 0.3) is 0 Å². The molecule has 0 spiro atoms. The third kappa shape index (κ3) is 2.15. The molecule has 2 aliphatic carbocycles. The first-order valence-corrected chi connectivity index (χ1v) is 11.6. The fourth-order valence-corrected chi connectivity index (χ4v) is 6.76. The number of fused-ring (bicyclic) bond motifs is 7. The molecular weight excluding hydrogens is 401 g/mol. The Hall–Kier alpha value is -2.82. The van der Waals surface area contributed by atoms with E-state index in [1.54, 1.807) is 12.1 Å². The largest absolute Gasteiger partial charge is 0.309 e. The third-order valence-electron chi connectivity index (χ3n) is 9.10. The molecule has 3 aliphatic rings. The van der Waals surface area contributed by atoms with E-state index in [1.807, 2.05) is 29.2 Å². The monoisotopic (exact) mass is 429 g/mol. The molecule has 0 radical (unpaired) electrons. The van der Waals surface area contributed by atoms with Crippen LogP contribution in [0.1, 0.15) is 63.9 Å². The van der Waals surface area contributed by atoms with Gasteiger partial charge in [-0.1, -0.05) is 32.9 Å². The van der Waals surface area contributed by atoms with E-state index in [0.29, 0.717) is 0 Å². The summed E-state index contributed by atoms with van der Waals surface area (Å²) in [5, 5.41) is 0. The summed E-state index contributed by atoms with van der Waals surface area (Å²) in [4.78, 5) is 26.8. The number of nitrogens with zero attached hydrogens (tertiary/aromatic N) is 3. The molecule has 164 valence electrons. The van der Waals surface area contributed by atoms with Gasteiger partial charge in [-0.05, 0) is 73.9 Å². The van der Waals surface area contributed by atoms with Crippen LogP contribution in [-0.4, -0.2) is 21.9 Å². The number of aromatic nitrogens is 2. The summed E-state index contributed by atoms with van der Waals surface area (Å²) >= 11 is 0. The lowest BCUT2D eigenvalue weighted by Crippen LogP contribution is -2.56. The Kier molecular flexibility index (Phi) is 3.81. The Bertz CT molecular complexity index is 1300. The highest BCUT2D eigenvalue weighted by molar-refractivity contribution is 6.05. The molecule has 1 saturated carbocycles. The topological polar surface area (TPSA) is 46.1 Å². The van der Waals surface area contributed by atoms with Crippen molar-refractivity contribution in [3.05, 3.63) is 65.2 Å². The van der Waals surface area contributed by atoms with E-state index in [4.69, 9.17) is 9.97 Å². The standard InChI is InChI=1S/C27H28FN3O/c1-16-9-10-17-15-18(28)11-12-21(17)31(16)24(32)27-14-13-26(4,25(27,2)3)22-23(27)30-20-8-6-5-7-19(20)29-22/h5-8,11-12,15-16H,9-10,13-14H2,1-4H3. The minimum Gasteiger partial charge on any atom is -0.309 e. The van der Waals surface area contributed by atoms with Crippen LogP contribution in [0.15, 0.2) is 42.5 Å². The molecule has 4 nitrogen and oxygen atoms in total. The summed E-state index contributed by atoms with van der Waals surface area (Å²) in [7, 11) is 0.